The lowest BCUT2D eigenvalue weighted by atomic mass is 9.94. The Balaban J connectivity index is 1.62. The van der Waals surface area contributed by atoms with E-state index in [4.69, 9.17) is 4.74 Å². The number of carbonyl (C=O) groups is 2. The molecule has 1 aromatic heterocycles. The standard InChI is InChI=1S/C22H28N4O3/c1-22(2,3)29-21(28)26-14-8-9-16(15-26)18-12-7-13-19(24-18)25-20(27)23-17-10-5-4-6-11-17/h4-7,10-13,16H,8-9,14-15H2,1-3H3,(H2,23,24,25,27)/t16-/m1/s1. The van der Waals surface area contributed by atoms with E-state index in [-0.39, 0.29) is 18.0 Å². The molecule has 7 heteroatoms. The molecule has 154 valence electrons. The maximum atomic E-state index is 12.4. The highest BCUT2D eigenvalue weighted by molar-refractivity contribution is 5.99. The summed E-state index contributed by atoms with van der Waals surface area (Å²) >= 11 is 0. The zero-order valence-corrected chi connectivity index (χ0v) is 17.1. The summed E-state index contributed by atoms with van der Waals surface area (Å²) in [5, 5.41) is 5.54. The van der Waals surface area contributed by atoms with Gasteiger partial charge in [0.25, 0.3) is 0 Å². The molecule has 3 amide bonds. The molecule has 7 nitrogen and oxygen atoms in total. The lowest BCUT2D eigenvalue weighted by molar-refractivity contribution is 0.0197. The third-order valence-electron chi connectivity index (χ3n) is 4.54. The van der Waals surface area contributed by atoms with Gasteiger partial charge in [0.05, 0.1) is 0 Å². The highest BCUT2D eigenvalue weighted by Crippen LogP contribution is 2.27. The van der Waals surface area contributed by atoms with Crippen molar-refractivity contribution in [2.45, 2.75) is 45.1 Å². The molecule has 0 aliphatic carbocycles. The van der Waals surface area contributed by atoms with Crippen LogP contribution in [0.15, 0.2) is 48.5 Å². The van der Waals surface area contributed by atoms with Gasteiger partial charge in [0.15, 0.2) is 0 Å². The SMILES string of the molecule is CC(C)(C)OC(=O)N1CCC[C@@H](c2cccc(NC(=O)Nc3ccccc3)n2)C1. The molecule has 2 aromatic rings. The molecule has 1 aliphatic heterocycles. The van der Waals surface area contributed by atoms with Gasteiger partial charge in [0.2, 0.25) is 0 Å². The van der Waals surface area contributed by atoms with E-state index < -0.39 is 5.60 Å². The number of pyridine rings is 1. The summed E-state index contributed by atoms with van der Waals surface area (Å²) in [7, 11) is 0. The van der Waals surface area contributed by atoms with E-state index in [0.29, 0.717) is 24.6 Å². The lowest BCUT2D eigenvalue weighted by Crippen LogP contribution is -2.42. The van der Waals surface area contributed by atoms with E-state index in [1.54, 1.807) is 11.0 Å². The number of ether oxygens (including phenoxy) is 1. The number of nitrogens with one attached hydrogen (secondary N) is 2. The number of nitrogens with zero attached hydrogens (tertiary/aromatic N) is 2. The Morgan fingerprint density at radius 3 is 2.55 bits per heavy atom. The van der Waals surface area contributed by atoms with Gasteiger partial charge in [-0.2, -0.15) is 0 Å². The van der Waals surface area contributed by atoms with Crippen LogP contribution < -0.4 is 10.6 Å². The highest BCUT2D eigenvalue weighted by Gasteiger charge is 2.29. The Labute approximate surface area is 171 Å². The number of hydrogen-bond acceptors (Lipinski definition) is 4. The maximum absolute atomic E-state index is 12.4. The third-order valence-corrected chi connectivity index (χ3v) is 4.54. The van der Waals surface area contributed by atoms with Crippen molar-refractivity contribution in [3.63, 3.8) is 0 Å². The van der Waals surface area contributed by atoms with E-state index in [1.165, 1.54) is 0 Å². The highest BCUT2D eigenvalue weighted by atomic mass is 16.6. The van der Waals surface area contributed by atoms with Gasteiger partial charge in [-0.3, -0.25) is 5.32 Å². The van der Waals surface area contributed by atoms with Crippen molar-refractivity contribution in [2.24, 2.45) is 0 Å². The summed E-state index contributed by atoms with van der Waals surface area (Å²) < 4.78 is 5.50. The molecule has 0 unspecified atom stereocenters. The average Bonchev–Trinajstić information content (AvgIpc) is 2.68. The first-order valence-electron chi connectivity index (χ1n) is 9.88. The summed E-state index contributed by atoms with van der Waals surface area (Å²) in [6, 6.07) is 14.4. The summed E-state index contributed by atoms with van der Waals surface area (Å²) in [5.74, 6) is 0.584. The molecular weight excluding hydrogens is 368 g/mol. The molecule has 1 atom stereocenters. The minimum Gasteiger partial charge on any atom is -0.444 e. The molecule has 0 spiro atoms. The van der Waals surface area contributed by atoms with Crippen molar-refractivity contribution < 1.29 is 14.3 Å². The number of rotatable bonds is 3. The van der Waals surface area contributed by atoms with E-state index in [2.05, 4.69) is 15.6 Å². The second kappa shape index (κ2) is 8.94. The number of aromatic nitrogens is 1. The fourth-order valence-electron chi connectivity index (χ4n) is 3.26. The Morgan fingerprint density at radius 1 is 1.07 bits per heavy atom. The smallest absolute Gasteiger partial charge is 0.410 e. The van der Waals surface area contributed by atoms with Crippen LogP contribution in [0.4, 0.5) is 21.1 Å². The number of hydrogen-bond donors (Lipinski definition) is 2. The number of para-hydroxylation sites is 1. The molecule has 2 N–H and O–H groups in total. The topological polar surface area (TPSA) is 83.6 Å². The quantitative estimate of drug-likeness (QED) is 0.778. The molecule has 0 saturated carbocycles. The van der Waals surface area contributed by atoms with Crippen LogP contribution in [0.3, 0.4) is 0 Å². The third kappa shape index (κ3) is 6.20. The number of carbonyl (C=O) groups excluding carboxylic acids is 2. The van der Waals surface area contributed by atoms with Crippen LogP contribution in [0.1, 0.15) is 45.2 Å². The number of benzene rings is 1. The Morgan fingerprint density at radius 2 is 1.83 bits per heavy atom. The second-order valence-corrected chi connectivity index (χ2v) is 8.16. The van der Waals surface area contributed by atoms with Crippen molar-refractivity contribution in [3.05, 3.63) is 54.2 Å². The first-order valence-corrected chi connectivity index (χ1v) is 9.88. The normalized spacial score (nSPS) is 16.8. The minimum atomic E-state index is -0.516. The number of amides is 3. The van der Waals surface area contributed by atoms with E-state index in [9.17, 15) is 9.59 Å². The van der Waals surface area contributed by atoms with Gasteiger partial charge >= 0.3 is 12.1 Å². The van der Waals surface area contributed by atoms with Crippen molar-refractivity contribution in [3.8, 4) is 0 Å². The van der Waals surface area contributed by atoms with Crippen molar-refractivity contribution in [1.82, 2.24) is 9.88 Å². The zero-order valence-electron chi connectivity index (χ0n) is 17.1. The van der Waals surface area contributed by atoms with Gasteiger partial charge in [-0.25, -0.2) is 14.6 Å². The van der Waals surface area contributed by atoms with Gasteiger partial charge in [-0.05, 0) is 57.9 Å². The van der Waals surface area contributed by atoms with Gasteiger partial charge in [-0.1, -0.05) is 24.3 Å². The van der Waals surface area contributed by atoms with Gasteiger partial charge < -0.3 is 15.0 Å². The lowest BCUT2D eigenvalue weighted by Gasteiger charge is -2.34. The number of likely N-dealkylation sites (tertiary alicyclic amines) is 1. The molecule has 1 aromatic carbocycles. The molecule has 3 rings (SSSR count). The fourth-order valence-corrected chi connectivity index (χ4v) is 3.26. The van der Waals surface area contributed by atoms with Crippen LogP contribution in [-0.4, -0.2) is 40.7 Å². The molecule has 1 fully saturated rings. The van der Waals surface area contributed by atoms with Crippen molar-refractivity contribution >= 4 is 23.6 Å². The molecule has 0 bridgehead atoms. The number of piperidine rings is 1. The van der Waals surface area contributed by atoms with Crippen LogP contribution in [0.25, 0.3) is 0 Å². The van der Waals surface area contributed by atoms with Crippen LogP contribution in [0, 0.1) is 0 Å². The van der Waals surface area contributed by atoms with Crippen LogP contribution >= 0.6 is 0 Å². The largest absolute Gasteiger partial charge is 0.444 e. The monoisotopic (exact) mass is 396 g/mol. The minimum absolute atomic E-state index is 0.107. The molecule has 2 heterocycles. The molecular formula is C22H28N4O3. The van der Waals surface area contributed by atoms with Crippen LogP contribution in [0.5, 0.6) is 0 Å². The molecule has 29 heavy (non-hydrogen) atoms. The average molecular weight is 396 g/mol. The Hall–Kier alpha value is -3.09. The summed E-state index contributed by atoms with van der Waals surface area (Å²) in [6.45, 7) is 6.83. The number of urea groups is 1. The Kier molecular flexibility index (Phi) is 6.36. The summed E-state index contributed by atoms with van der Waals surface area (Å²) in [6.07, 6.45) is 1.53. The maximum Gasteiger partial charge on any atom is 0.410 e. The first-order chi connectivity index (χ1) is 13.8. The van der Waals surface area contributed by atoms with Gasteiger partial charge in [0, 0.05) is 30.4 Å². The molecule has 0 radical (unpaired) electrons. The first kappa shape index (κ1) is 20.6. The fraction of sp³-hybridized carbons (Fsp3) is 0.409. The Bertz CT molecular complexity index is 849. The summed E-state index contributed by atoms with van der Waals surface area (Å²) in [4.78, 5) is 30.9. The van der Waals surface area contributed by atoms with Crippen LogP contribution in [0.2, 0.25) is 0 Å². The van der Waals surface area contributed by atoms with Crippen molar-refractivity contribution in [1.29, 1.82) is 0 Å². The van der Waals surface area contributed by atoms with Gasteiger partial charge in [-0.15, -0.1) is 0 Å². The second-order valence-electron chi connectivity index (χ2n) is 8.16. The molecule has 1 saturated heterocycles. The number of anilines is 2. The van der Waals surface area contributed by atoms with E-state index >= 15 is 0 Å². The predicted molar refractivity (Wildman–Crippen MR) is 113 cm³/mol. The zero-order chi connectivity index (χ0) is 20.9. The van der Waals surface area contributed by atoms with Crippen molar-refractivity contribution in [2.75, 3.05) is 23.7 Å². The summed E-state index contributed by atoms with van der Waals surface area (Å²) in [5.41, 5.74) is 1.05. The van der Waals surface area contributed by atoms with Crippen LogP contribution in [-0.2, 0) is 4.74 Å². The predicted octanol–water partition coefficient (Wildman–Crippen LogP) is 4.84. The van der Waals surface area contributed by atoms with E-state index in [0.717, 1.165) is 18.5 Å². The molecule has 1 aliphatic rings. The van der Waals surface area contributed by atoms with Gasteiger partial charge in [0.1, 0.15) is 11.4 Å². The van der Waals surface area contributed by atoms with E-state index in [1.807, 2.05) is 63.2 Å².